The minimum absolute atomic E-state index is 0.335. The molecule has 0 fully saturated rings. The molecule has 0 spiro atoms. The van der Waals surface area contributed by atoms with Crippen LogP contribution in [0.25, 0.3) is 11.3 Å². The molecule has 0 saturated carbocycles. The molecule has 0 amide bonds. The number of esters is 1. The molecule has 0 saturated heterocycles. The van der Waals surface area contributed by atoms with Gasteiger partial charge in [-0.1, -0.05) is 12.1 Å². The molecule has 1 aromatic heterocycles. The average Bonchev–Trinajstić information content (AvgIpc) is 2.80. The van der Waals surface area contributed by atoms with E-state index in [2.05, 4.69) is 10.2 Å². The maximum atomic E-state index is 11.7. The number of para-hydroxylation sites is 1. The molecule has 0 radical (unpaired) electrons. The number of nitrogens with zero attached hydrogens (tertiary/aromatic N) is 1. The van der Waals surface area contributed by atoms with Gasteiger partial charge in [-0.3, -0.25) is 5.10 Å². The first-order valence-corrected chi connectivity index (χ1v) is 6.04. The van der Waals surface area contributed by atoms with E-state index in [1.54, 1.807) is 14.0 Å². The van der Waals surface area contributed by atoms with Crippen LogP contribution in [0.5, 0.6) is 5.75 Å². The molecule has 0 bridgehead atoms. The highest BCUT2D eigenvalue weighted by Gasteiger charge is 2.19. The summed E-state index contributed by atoms with van der Waals surface area (Å²) in [5, 5.41) is 6.92. The first kappa shape index (κ1) is 13.1. The van der Waals surface area contributed by atoms with Gasteiger partial charge in [-0.25, -0.2) is 4.79 Å². The second-order valence-corrected chi connectivity index (χ2v) is 3.99. The highest BCUT2D eigenvalue weighted by atomic mass is 16.5. The van der Waals surface area contributed by atoms with Crippen molar-refractivity contribution in [2.45, 2.75) is 13.8 Å². The lowest BCUT2D eigenvalue weighted by Gasteiger charge is -2.06. The Kier molecular flexibility index (Phi) is 3.85. The van der Waals surface area contributed by atoms with Crippen LogP contribution in [0.4, 0.5) is 0 Å². The van der Waals surface area contributed by atoms with Gasteiger partial charge in [-0.2, -0.15) is 5.10 Å². The summed E-state index contributed by atoms with van der Waals surface area (Å²) in [6, 6.07) is 7.54. The normalized spacial score (nSPS) is 10.3. The van der Waals surface area contributed by atoms with Gasteiger partial charge < -0.3 is 9.47 Å². The van der Waals surface area contributed by atoms with E-state index in [-0.39, 0.29) is 0 Å². The zero-order chi connectivity index (χ0) is 13.8. The van der Waals surface area contributed by atoms with Gasteiger partial charge in [-0.15, -0.1) is 0 Å². The quantitative estimate of drug-likeness (QED) is 0.858. The molecule has 19 heavy (non-hydrogen) atoms. The third-order valence-corrected chi connectivity index (χ3v) is 2.85. The molecule has 0 atom stereocenters. The molecule has 5 nitrogen and oxygen atoms in total. The first-order chi connectivity index (χ1) is 9.19. The molecule has 5 heteroatoms. The van der Waals surface area contributed by atoms with E-state index in [4.69, 9.17) is 9.47 Å². The van der Waals surface area contributed by atoms with Crippen molar-refractivity contribution in [2.75, 3.05) is 13.7 Å². The Morgan fingerprint density at radius 3 is 2.79 bits per heavy atom. The molecular weight excluding hydrogens is 244 g/mol. The van der Waals surface area contributed by atoms with Crippen LogP contribution in [0.1, 0.15) is 23.0 Å². The molecule has 2 aromatic rings. The topological polar surface area (TPSA) is 64.2 Å². The van der Waals surface area contributed by atoms with Gasteiger partial charge in [0, 0.05) is 11.1 Å². The summed E-state index contributed by atoms with van der Waals surface area (Å²) in [5.74, 6) is 0.321. The zero-order valence-electron chi connectivity index (χ0n) is 11.2. The molecular formula is C14H16N2O3. The highest BCUT2D eigenvalue weighted by Crippen LogP contribution is 2.31. The van der Waals surface area contributed by atoms with Crippen LogP contribution in [-0.2, 0) is 4.74 Å². The summed E-state index contributed by atoms with van der Waals surface area (Å²) in [5.41, 5.74) is 2.67. The largest absolute Gasteiger partial charge is 0.496 e. The minimum atomic E-state index is -0.395. The number of hydrogen-bond acceptors (Lipinski definition) is 4. The number of carbonyl (C=O) groups is 1. The number of hydrogen-bond donors (Lipinski definition) is 1. The van der Waals surface area contributed by atoms with Crippen LogP contribution in [0.15, 0.2) is 24.3 Å². The Labute approximate surface area is 111 Å². The van der Waals surface area contributed by atoms with E-state index in [0.29, 0.717) is 23.7 Å². The standard InChI is InChI=1S/C14H16N2O3/c1-4-19-14(17)13-9(2)12(15-16-13)10-7-5-6-8-11(10)18-3/h5-8H,4H2,1-3H3,(H,15,16). The van der Waals surface area contributed by atoms with Gasteiger partial charge in [0.05, 0.1) is 19.4 Å². The fourth-order valence-electron chi connectivity index (χ4n) is 1.90. The van der Waals surface area contributed by atoms with Crippen LogP contribution < -0.4 is 4.74 Å². The Hall–Kier alpha value is -2.30. The Morgan fingerprint density at radius 2 is 2.11 bits per heavy atom. The summed E-state index contributed by atoms with van der Waals surface area (Å²) in [7, 11) is 1.60. The Balaban J connectivity index is 2.44. The van der Waals surface area contributed by atoms with Gasteiger partial charge in [-0.05, 0) is 26.0 Å². The predicted molar refractivity (Wildman–Crippen MR) is 71.3 cm³/mol. The Bertz CT molecular complexity index is 590. The van der Waals surface area contributed by atoms with Gasteiger partial charge in [0.2, 0.25) is 0 Å². The van der Waals surface area contributed by atoms with Crippen LogP contribution >= 0.6 is 0 Å². The third-order valence-electron chi connectivity index (χ3n) is 2.85. The lowest BCUT2D eigenvalue weighted by Crippen LogP contribution is -2.06. The third kappa shape index (κ3) is 2.45. The molecule has 100 valence electrons. The number of aromatic nitrogens is 2. The summed E-state index contributed by atoms with van der Waals surface area (Å²) in [6.45, 7) is 3.93. The first-order valence-electron chi connectivity index (χ1n) is 6.04. The fraction of sp³-hybridized carbons (Fsp3) is 0.286. The monoisotopic (exact) mass is 260 g/mol. The maximum absolute atomic E-state index is 11.7. The summed E-state index contributed by atoms with van der Waals surface area (Å²) in [4.78, 5) is 11.7. The second kappa shape index (κ2) is 5.56. The molecule has 0 unspecified atom stereocenters. The number of H-pyrrole nitrogens is 1. The van der Waals surface area contributed by atoms with Crippen molar-refractivity contribution < 1.29 is 14.3 Å². The number of benzene rings is 1. The Morgan fingerprint density at radius 1 is 1.37 bits per heavy atom. The number of rotatable bonds is 4. The van der Waals surface area contributed by atoms with Crippen LogP contribution in [-0.4, -0.2) is 29.9 Å². The van der Waals surface area contributed by atoms with Crippen molar-refractivity contribution in [1.82, 2.24) is 10.2 Å². The summed E-state index contributed by atoms with van der Waals surface area (Å²) >= 11 is 0. The smallest absolute Gasteiger partial charge is 0.356 e. The number of carbonyl (C=O) groups excluding carboxylic acids is 1. The number of methoxy groups -OCH3 is 1. The van der Waals surface area contributed by atoms with Gasteiger partial charge in [0.25, 0.3) is 0 Å². The van der Waals surface area contributed by atoms with E-state index in [0.717, 1.165) is 11.1 Å². The van der Waals surface area contributed by atoms with Crippen molar-refractivity contribution in [1.29, 1.82) is 0 Å². The van der Waals surface area contributed by atoms with Crippen LogP contribution in [0, 0.1) is 6.92 Å². The maximum Gasteiger partial charge on any atom is 0.356 e. The van der Waals surface area contributed by atoms with Gasteiger partial charge in [0.1, 0.15) is 11.4 Å². The lowest BCUT2D eigenvalue weighted by atomic mass is 10.1. The van der Waals surface area contributed by atoms with Crippen LogP contribution in [0.3, 0.4) is 0 Å². The van der Waals surface area contributed by atoms with E-state index < -0.39 is 5.97 Å². The molecule has 1 heterocycles. The highest BCUT2D eigenvalue weighted by molar-refractivity contribution is 5.91. The number of aromatic amines is 1. The predicted octanol–water partition coefficient (Wildman–Crippen LogP) is 2.57. The van der Waals surface area contributed by atoms with E-state index in [1.807, 2.05) is 31.2 Å². The average molecular weight is 260 g/mol. The van der Waals surface area contributed by atoms with Crippen molar-refractivity contribution >= 4 is 5.97 Å². The molecule has 0 aliphatic rings. The van der Waals surface area contributed by atoms with E-state index in [1.165, 1.54) is 0 Å². The molecule has 2 rings (SSSR count). The van der Waals surface area contributed by atoms with Crippen LogP contribution in [0.2, 0.25) is 0 Å². The lowest BCUT2D eigenvalue weighted by molar-refractivity contribution is 0.0518. The van der Waals surface area contributed by atoms with Crippen molar-refractivity contribution in [3.63, 3.8) is 0 Å². The fourth-order valence-corrected chi connectivity index (χ4v) is 1.90. The zero-order valence-corrected chi connectivity index (χ0v) is 11.2. The molecule has 1 aromatic carbocycles. The van der Waals surface area contributed by atoms with E-state index in [9.17, 15) is 4.79 Å². The van der Waals surface area contributed by atoms with Gasteiger partial charge in [0.15, 0.2) is 0 Å². The second-order valence-electron chi connectivity index (χ2n) is 3.99. The van der Waals surface area contributed by atoms with Crippen molar-refractivity contribution in [2.24, 2.45) is 0 Å². The van der Waals surface area contributed by atoms with Gasteiger partial charge >= 0.3 is 5.97 Å². The number of nitrogens with one attached hydrogen (secondary N) is 1. The van der Waals surface area contributed by atoms with Crippen molar-refractivity contribution in [3.05, 3.63) is 35.5 Å². The van der Waals surface area contributed by atoms with Crippen molar-refractivity contribution in [3.8, 4) is 17.0 Å². The number of ether oxygens (including phenoxy) is 2. The molecule has 1 N–H and O–H groups in total. The molecule has 0 aliphatic heterocycles. The minimum Gasteiger partial charge on any atom is -0.496 e. The molecule has 0 aliphatic carbocycles. The SMILES string of the molecule is CCOC(=O)c1[nH]nc(-c2ccccc2OC)c1C. The summed E-state index contributed by atoms with van der Waals surface area (Å²) < 4.78 is 10.3. The van der Waals surface area contributed by atoms with E-state index >= 15 is 0 Å². The summed E-state index contributed by atoms with van der Waals surface area (Å²) in [6.07, 6.45) is 0.